The molecule has 1 aliphatic heterocycles. The minimum absolute atomic E-state index is 0.337. The number of rotatable bonds is 4. The molecule has 27 heavy (non-hydrogen) atoms. The molecule has 0 bridgehead atoms. The van der Waals surface area contributed by atoms with Gasteiger partial charge in [-0.1, -0.05) is 25.3 Å². The van der Waals surface area contributed by atoms with Crippen LogP contribution in [0.5, 0.6) is 0 Å². The number of hydrogen-bond acceptors (Lipinski definition) is 3. The van der Waals surface area contributed by atoms with E-state index >= 15 is 0 Å². The lowest BCUT2D eigenvalue weighted by Gasteiger charge is -2.40. The highest BCUT2D eigenvalue weighted by Gasteiger charge is 2.27. The second-order valence-electron chi connectivity index (χ2n) is 7.61. The van der Waals surface area contributed by atoms with Crippen LogP contribution in [0.3, 0.4) is 0 Å². The van der Waals surface area contributed by atoms with Gasteiger partial charge in [0.2, 0.25) is 0 Å². The molecular weight excluding hydrogens is 341 g/mol. The molecule has 1 unspecified atom stereocenters. The minimum atomic E-state index is -0.363. The van der Waals surface area contributed by atoms with Gasteiger partial charge in [-0.3, -0.25) is 9.89 Å². The predicted molar refractivity (Wildman–Crippen MR) is 106 cm³/mol. The van der Waals surface area contributed by atoms with Crippen molar-refractivity contribution < 1.29 is 4.39 Å². The number of halogens is 1. The molecule has 0 radical (unpaired) electrons. The van der Waals surface area contributed by atoms with E-state index in [9.17, 15) is 4.39 Å². The molecule has 2 fully saturated rings. The molecule has 6 heteroatoms. The number of nitrogens with zero attached hydrogens (tertiary/aromatic N) is 3. The maximum atomic E-state index is 14.0. The number of likely N-dealkylation sites (tertiary alicyclic amines) is 1. The van der Waals surface area contributed by atoms with E-state index in [0.717, 1.165) is 19.0 Å². The maximum Gasteiger partial charge on any atom is 0.191 e. The number of nitrogens with one attached hydrogen (secondary N) is 2. The van der Waals surface area contributed by atoms with Crippen LogP contribution < -0.4 is 10.6 Å². The standard InChI is InChI=1S/C21H30FN5/c1-24-21(25-14-17-10-9-16(13-23)12-20(17)22)26-18-6-5-11-27(15-18)19-7-3-2-4-8-19/h9-10,12,18-19H,2-8,11,14-15H2,1H3,(H2,24,25,26). The summed E-state index contributed by atoms with van der Waals surface area (Å²) in [4.78, 5) is 6.95. The van der Waals surface area contributed by atoms with Gasteiger partial charge in [-0.2, -0.15) is 5.26 Å². The zero-order chi connectivity index (χ0) is 19.1. The summed E-state index contributed by atoms with van der Waals surface area (Å²) in [5.74, 6) is 0.340. The number of nitriles is 1. The van der Waals surface area contributed by atoms with Crippen LogP contribution in [0.25, 0.3) is 0 Å². The largest absolute Gasteiger partial charge is 0.352 e. The molecule has 1 aromatic rings. The molecule has 1 saturated carbocycles. The summed E-state index contributed by atoms with van der Waals surface area (Å²) >= 11 is 0. The molecule has 1 aliphatic carbocycles. The molecule has 1 heterocycles. The fraction of sp³-hybridized carbons (Fsp3) is 0.619. The van der Waals surface area contributed by atoms with Crippen molar-refractivity contribution in [1.29, 1.82) is 5.26 Å². The van der Waals surface area contributed by atoms with Crippen molar-refractivity contribution in [2.45, 2.75) is 63.6 Å². The van der Waals surface area contributed by atoms with Crippen LogP contribution in [0.4, 0.5) is 4.39 Å². The summed E-state index contributed by atoms with van der Waals surface area (Å²) < 4.78 is 14.0. The van der Waals surface area contributed by atoms with Crippen molar-refractivity contribution in [3.63, 3.8) is 0 Å². The maximum absolute atomic E-state index is 14.0. The molecule has 1 atom stereocenters. The Bertz CT molecular complexity index is 690. The van der Waals surface area contributed by atoms with Crippen LogP contribution in [0.2, 0.25) is 0 Å². The van der Waals surface area contributed by atoms with Crippen LogP contribution >= 0.6 is 0 Å². The van der Waals surface area contributed by atoms with E-state index in [-0.39, 0.29) is 5.82 Å². The number of aliphatic imine (C=N–C) groups is 1. The van der Waals surface area contributed by atoms with Gasteiger partial charge in [0, 0.05) is 37.8 Å². The fourth-order valence-corrected chi connectivity index (χ4v) is 4.23. The summed E-state index contributed by atoms with van der Waals surface area (Å²) in [5, 5.41) is 15.6. The van der Waals surface area contributed by atoms with Gasteiger partial charge in [-0.05, 0) is 44.4 Å². The third kappa shape index (κ3) is 5.43. The highest BCUT2D eigenvalue weighted by atomic mass is 19.1. The zero-order valence-corrected chi connectivity index (χ0v) is 16.2. The Morgan fingerprint density at radius 2 is 2.07 bits per heavy atom. The van der Waals surface area contributed by atoms with Crippen LogP contribution in [0.1, 0.15) is 56.1 Å². The molecule has 0 amide bonds. The number of piperidine rings is 1. The smallest absolute Gasteiger partial charge is 0.191 e. The number of guanidine groups is 1. The molecule has 1 aromatic carbocycles. The summed E-state index contributed by atoms with van der Waals surface area (Å²) in [6.45, 7) is 2.60. The Hall–Kier alpha value is -2.13. The Kier molecular flexibility index (Phi) is 7.05. The van der Waals surface area contributed by atoms with Crippen molar-refractivity contribution in [2.75, 3.05) is 20.1 Å². The Balaban J connectivity index is 1.51. The second kappa shape index (κ2) is 9.70. The lowest BCUT2D eigenvalue weighted by molar-refractivity contribution is 0.115. The van der Waals surface area contributed by atoms with E-state index in [1.54, 1.807) is 19.2 Å². The van der Waals surface area contributed by atoms with Crippen LogP contribution in [-0.2, 0) is 6.54 Å². The molecule has 3 rings (SSSR count). The normalized spacial score (nSPS) is 22.3. The summed E-state index contributed by atoms with van der Waals surface area (Å²) in [5.41, 5.74) is 0.869. The summed E-state index contributed by atoms with van der Waals surface area (Å²) in [6.07, 6.45) is 9.10. The molecule has 1 saturated heterocycles. The highest BCUT2D eigenvalue weighted by Crippen LogP contribution is 2.25. The number of hydrogen-bond donors (Lipinski definition) is 2. The highest BCUT2D eigenvalue weighted by molar-refractivity contribution is 5.80. The van der Waals surface area contributed by atoms with Gasteiger partial charge in [0.25, 0.3) is 0 Å². The first kappa shape index (κ1) is 19.6. The average molecular weight is 372 g/mol. The third-order valence-corrected chi connectivity index (χ3v) is 5.74. The summed E-state index contributed by atoms with van der Waals surface area (Å²) in [7, 11) is 1.74. The fourth-order valence-electron chi connectivity index (χ4n) is 4.23. The molecule has 0 spiro atoms. The first-order chi connectivity index (χ1) is 13.2. The van der Waals surface area contributed by atoms with Crippen molar-refractivity contribution in [3.8, 4) is 6.07 Å². The van der Waals surface area contributed by atoms with E-state index in [4.69, 9.17) is 5.26 Å². The van der Waals surface area contributed by atoms with E-state index in [0.29, 0.717) is 29.7 Å². The first-order valence-electron chi connectivity index (χ1n) is 10.1. The van der Waals surface area contributed by atoms with Gasteiger partial charge >= 0.3 is 0 Å². The van der Waals surface area contributed by atoms with Crippen LogP contribution in [0.15, 0.2) is 23.2 Å². The van der Waals surface area contributed by atoms with Crippen molar-refractivity contribution in [1.82, 2.24) is 15.5 Å². The quantitative estimate of drug-likeness (QED) is 0.630. The molecular formula is C21H30FN5. The summed E-state index contributed by atoms with van der Waals surface area (Å²) in [6, 6.07) is 7.63. The van der Waals surface area contributed by atoms with E-state index in [2.05, 4.69) is 20.5 Å². The SMILES string of the molecule is CN=C(NCc1ccc(C#N)cc1F)NC1CCCN(C2CCCCC2)C1. The van der Waals surface area contributed by atoms with Crippen molar-refractivity contribution in [2.24, 2.45) is 4.99 Å². The van der Waals surface area contributed by atoms with Crippen molar-refractivity contribution in [3.05, 3.63) is 35.1 Å². The minimum Gasteiger partial charge on any atom is -0.352 e. The lowest BCUT2D eigenvalue weighted by Crippen LogP contribution is -2.53. The Morgan fingerprint density at radius 3 is 2.78 bits per heavy atom. The van der Waals surface area contributed by atoms with Gasteiger partial charge in [-0.15, -0.1) is 0 Å². The van der Waals surface area contributed by atoms with Gasteiger partial charge in [0.05, 0.1) is 11.6 Å². The monoisotopic (exact) mass is 371 g/mol. The van der Waals surface area contributed by atoms with E-state index < -0.39 is 0 Å². The molecule has 0 aromatic heterocycles. The average Bonchev–Trinajstić information content (AvgIpc) is 2.72. The van der Waals surface area contributed by atoms with Gasteiger partial charge in [0.15, 0.2) is 5.96 Å². The molecule has 146 valence electrons. The number of benzene rings is 1. The molecule has 2 aliphatic rings. The van der Waals surface area contributed by atoms with Gasteiger partial charge in [0.1, 0.15) is 5.82 Å². The van der Waals surface area contributed by atoms with Crippen LogP contribution in [0, 0.1) is 17.1 Å². The Morgan fingerprint density at radius 1 is 1.26 bits per heavy atom. The van der Waals surface area contributed by atoms with Gasteiger partial charge < -0.3 is 10.6 Å². The van der Waals surface area contributed by atoms with E-state index in [1.165, 1.54) is 51.1 Å². The molecule has 2 N–H and O–H groups in total. The zero-order valence-electron chi connectivity index (χ0n) is 16.2. The van der Waals surface area contributed by atoms with Crippen molar-refractivity contribution >= 4 is 5.96 Å². The van der Waals surface area contributed by atoms with E-state index in [1.807, 2.05) is 6.07 Å². The van der Waals surface area contributed by atoms with Gasteiger partial charge in [-0.25, -0.2) is 4.39 Å². The third-order valence-electron chi connectivity index (χ3n) is 5.74. The topological polar surface area (TPSA) is 63.5 Å². The lowest BCUT2D eigenvalue weighted by atomic mass is 9.92. The molecule has 5 nitrogen and oxygen atoms in total. The Labute approximate surface area is 161 Å². The predicted octanol–water partition coefficient (Wildman–Crippen LogP) is 3.16. The second-order valence-corrected chi connectivity index (χ2v) is 7.61. The first-order valence-corrected chi connectivity index (χ1v) is 10.1. The van der Waals surface area contributed by atoms with Crippen LogP contribution in [-0.4, -0.2) is 43.1 Å².